The highest BCUT2D eigenvalue weighted by Gasteiger charge is 2.44. The highest BCUT2D eigenvalue weighted by molar-refractivity contribution is 7.92. The van der Waals surface area contributed by atoms with E-state index in [1.807, 2.05) is 30.0 Å². The molecule has 12 heteroatoms. The quantitative estimate of drug-likeness (QED) is 0.376. The van der Waals surface area contributed by atoms with Crippen molar-refractivity contribution in [2.24, 2.45) is 5.41 Å². The van der Waals surface area contributed by atoms with E-state index in [9.17, 15) is 22.3 Å². The normalized spacial score (nSPS) is 19.9. The average molecular weight is 588 g/mol. The molecule has 2 saturated heterocycles. The van der Waals surface area contributed by atoms with E-state index in [1.165, 1.54) is 19.2 Å². The van der Waals surface area contributed by atoms with Gasteiger partial charge in [-0.25, -0.2) is 27.2 Å². The number of benzene rings is 2. The van der Waals surface area contributed by atoms with Gasteiger partial charge in [-0.15, -0.1) is 0 Å². The summed E-state index contributed by atoms with van der Waals surface area (Å²) >= 11 is 0. The molecule has 2 aromatic carbocycles. The third kappa shape index (κ3) is 6.18. The third-order valence-corrected chi connectivity index (χ3v) is 9.81. The molecule has 0 radical (unpaired) electrons. The fraction of sp³-hybridized carbons (Fsp3) is 0.517. The third-order valence-electron chi connectivity index (χ3n) is 8.55. The second kappa shape index (κ2) is 10.5. The molecule has 3 aliphatic rings. The van der Waals surface area contributed by atoms with Crippen LogP contribution in [0.4, 0.5) is 25.8 Å². The first kappa shape index (κ1) is 27.9. The molecule has 3 heterocycles. The van der Waals surface area contributed by atoms with Crippen LogP contribution in [0.25, 0.3) is 10.9 Å². The summed E-state index contributed by atoms with van der Waals surface area (Å²) in [5.74, 6) is -2.17. The first-order valence-electron chi connectivity index (χ1n) is 14.1. The van der Waals surface area contributed by atoms with Gasteiger partial charge in [0.05, 0.1) is 34.6 Å². The van der Waals surface area contributed by atoms with Gasteiger partial charge in [-0.1, -0.05) is 0 Å². The van der Waals surface area contributed by atoms with E-state index in [2.05, 4.69) is 19.6 Å². The van der Waals surface area contributed by atoms with Crippen LogP contribution in [0.2, 0.25) is 0 Å². The molecule has 1 aliphatic carbocycles. The number of aryl methyl sites for hydroxylation is 1. The molecule has 6 rings (SSSR count). The predicted octanol–water partition coefficient (Wildman–Crippen LogP) is 5.08. The van der Waals surface area contributed by atoms with E-state index >= 15 is 0 Å². The highest BCUT2D eigenvalue weighted by atomic mass is 32.2. The lowest BCUT2D eigenvalue weighted by atomic mass is 9.93. The van der Waals surface area contributed by atoms with Crippen molar-refractivity contribution in [2.75, 3.05) is 53.1 Å². The highest BCUT2D eigenvalue weighted by Crippen LogP contribution is 2.54. The minimum absolute atomic E-state index is 0.182. The molecule has 3 aromatic rings. The van der Waals surface area contributed by atoms with Gasteiger partial charge in [-0.3, -0.25) is 4.72 Å². The second-order valence-corrected chi connectivity index (χ2v) is 13.5. The SMILES string of the molecule is Cc1cc(Oc2ncnc3cc(NS(=O)(=O)CCO)cc(N4CCC5(CC4)CC5)c23)cc(N2CCC(F)(F)CC2)c1. The maximum absolute atomic E-state index is 13.8. The van der Waals surface area contributed by atoms with Gasteiger partial charge in [0.1, 0.15) is 12.1 Å². The summed E-state index contributed by atoms with van der Waals surface area (Å²) in [6.07, 6.45) is 5.65. The van der Waals surface area contributed by atoms with E-state index < -0.39 is 28.3 Å². The van der Waals surface area contributed by atoms with Crippen LogP contribution in [0.15, 0.2) is 36.7 Å². The van der Waals surface area contributed by atoms with Crippen molar-refractivity contribution < 1.29 is 27.0 Å². The summed E-state index contributed by atoms with van der Waals surface area (Å²) in [5, 5.41) is 9.86. The molecule has 1 saturated carbocycles. The number of aliphatic hydroxyl groups is 1. The molecule has 220 valence electrons. The Balaban J connectivity index is 1.36. The number of ether oxygens (including phenoxy) is 1. The largest absolute Gasteiger partial charge is 0.438 e. The number of hydrogen-bond acceptors (Lipinski definition) is 8. The first-order valence-corrected chi connectivity index (χ1v) is 15.8. The number of fused-ring (bicyclic) bond motifs is 1. The Labute approximate surface area is 238 Å². The van der Waals surface area contributed by atoms with E-state index in [4.69, 9.17) is 4.74 Å². The molecule has 0 unspecified atom stereocenters. The van der Waals surface area contributed by atoms with Crippen molar-refractivity contribution in [1.82, 2.24) is 9.97 Å². The van der Waals surface area contributed by atoms with Crippen molar-refractivity contribution in [2.45, 2.75) is 51.4 Å². The number of alkyl halides is 2. The van der Waals surface area contributed by atoms with Crippen molar-refractivity contribution in [3.63, 3.8) is 0 Å². The van der Waals surface area contributed by atoms with Gasteiger partial charge >= 0.3 is 0 Å². The fourth-order valence-electron chi connectivity index (χ4n) is 5.95. The van der Waals surface area contributed by atoms with Crippen LogP contribution in [0.5, 0.6) is 11.6 Å². The number of hydrogen-bond donors (Lipinski definition) is 2. The smallest absolute Gasteiger partial charge is 0.251 e. The van der Waals surface area contributed by atoms with Gasteiger partial charge < -0.3 is 19.6 Å². The Morgan fingerprint density at radius 3 is 2.34 bits per heavy atom. The monoisotopic (exact) mass is 587 g/mol. The van der Waals surface area contributed by atoms with E-state index in [-0.39, 0.29) is 25.9 Å². The Kier molecular flexibility index (Phi) is 7.17. The minimum atomic E-state index is -3.74. The van der Waals surface area contributed by atoms with Crippen LogP contribution < -0.4 is 19.3 Å². The topological polar surface area (TPSA) is 108 Å². The molecular formula is C29H35F2N5O4S. The number of nitrogens with one attached hydrogen (secondary N) is 1. The molecule has 0 bridgehead atoms. The van der Waals surface area contributed by atoms with E-state index in [1.54, 1.807) is 12.1 Å². The van der Waals surface area contributed by atoms with Gasteiger partial charge in [-0.2, -0.15) is 0 Å². The summed E-state index contributed by atoms with van der Waals surface area (Å²) in [4.78, 5) is 13.1. The number of aliphatic hydroxyl groups excluding tert-OH is 1. The maximum Gasteiger partial charge on any atom is 0.251 e. The van der Waals surface area contributed by atoms with Crippen LogP contribution in [-0.4, -0.2) is 68.0 Å². The Morgan fingerprint density at radius 1 is 0.951 bits per heavy atom. The molecule has 9 nitrogen and oxygen atoms in total. The number of piperidine rings is 2. The number of rotatable bonds is 8. The molecule has 2 N–H and O–H groups in total. The van der Waals surface area contributed by atoms with E-state index in [0.29, 0.717) is 33.6 Å². The first-order chi connectivity index (χ1) is 19.5. The number of halogens is 2. The predicted molar refractivity (Wildman–Crippen MR) is 155 cm³/mol. The average Bonchev–Trinajstić information content (AvgIpc) is 3.66. The second-order valence-electron chi connectivity index (χ2n) is 11.6. The van der Waals surface area contributed by atoms with Gasteiger partial charge in [0.2, 0.25) is 15.9 Å². The standard InChI is InChI=1S/C29H35F2N5O4S/c1-20-14-22(35-10-6-29(30,31)7-11-35)18-23(15-20)40-27-26-24(32-19-33-27)16-21(34-41(38,39)13-12-37)17-25(26)36-8-4-28(2-3-28)5-9-36/h14-19,34,37H,2-13H2,1H3. The zero-order valence-corrected chi connectivity index (χ0v) is 23.9. The fourth-order valence-corrected chi connectivity index (χ4v) is 6.77. The summed E-state index contributed by atoms with van der Waals surface area (Å²) in [6, 6.07) is 9.12. The number of nitrogens with zero attached hydrogens (tertiary/aromatic N) is 4. The Hall–Kier alpha value is -3.25. The van der Waals surface area contributed by atoms with Crippen LogP contribution in [0.3, 0.4) is 0 Å². The number of aromatic nitrogens is 2. The lowest BCUT2D eigenvalue weighted by Crippen LogP contribution is -2.39. The van der Waals surface area contributed by atoms with E-state index in [0.717, 1.165) is 42.9 Å². The molecule has 1 spiro atoms. The number of anilines is 3. The van der Waals surface area contributed by atoms with Crippen molar-refractivity contribution >= 4 is 38.0 Å². The molecule has 1 aromatic heterocycles. The van der Waals surface area contributed by atoms with Gasteiger partial charge in [-0.05, 0) is 67.9 Å². The summed E-state index contributed by atoms with van der Waals surface area (Å²) in [5.41, 5.74) is 3.85. The van der Waals surface area contributed by atoms with Crippen molar-refractivity contribution in [3.8, 4) is 11.6 Å². The molecule has 0 amide bonds. The zero-order valence-electron chi connectivity index (χ0n) is 23.1. The number of sulfonamides is 1. The Morgan fingerprint density at radius 2 is 1.66 bits per heavy atom. The molecular weight excluding hydrogens is 552 g/mol. The molecule has 2 aliphatic heterocycles. The lowest BCUT2D eigenvalue weighted by molar-refractivity contribution is -0.0220. The zero-order chi connectivity index (χ0) is 28.8. The van der Waals surface area contributed by atoms with Crippen LogP contribution >= 0.6 is 0 Å². The summed E-state index contributed by atoms with van der Waals surface area (Å²) in [7, 11) is -3.74. The molecule has 0 atom stereocenters. The van der Waals surface area contributed by atoms with Gasteiger partial charge in [0.15, 0.2) is 0 Å². The summed E-state index contributed by atoms with van der Waals surface area (Å²) in [6.45, 7) is 3.63. The van der Waals surface area contributed by atoms with Crippen molar-refractivity contribution in [1.29, 1.82) is 0 Å². The molecule has 3 fully saturated rings. The lowest BCUT2D eigenvalue weighted by Gasteiger charge is -2.35. The van der Waals surface area contributed by atoms with Crippen LogP contribution in [-0.2, 0) is 10.0 Å². The van der Waals surface area contributed by atoms with Crippen LogP contribution in [0, 0.1) is 12.3 Å². The van der Waals surface area contributed by atoms with Gasteiger partial charge in [0.25, 0.3) is 5.92 Å². The Bertz CT molecular complexity index is 1540. The van der Waals surface area contributed by atoms with Gasteiger partial charge in [0, 0.05) is 50.8 Å². The summed E-state index contributed by atoms with van der Waals surface area (Å²) < 4.78 is 61.4. The minimum Gasteiger partial charge on any atom is -0.438 e. The maximum atomic E-state index is 13.8. The molecule has 41 heavy (non-hydrogen) atoms. The van der Waals surface area contributed by atoms with Crippen LogP contribution in [0.1, 0.15) is 44.1 Å². The van der Waals surface area contributed by atoms with Crippen molar-refractivity contribution in [3.05, 3.63) is 42.2 Å².